The number of hydrogen-bond acceptors (Lipinski definition) is 5. The molecule has 1 saturated heterocycles. The van der Waals surface area contributed by atoms with Crippen molar-refractivity contribution < 1.29 is 4.92 Å². The maximum absolute atomic E-state index is 11.1. The van der Waals surface area contributed by atoms with Crippen LogP contribution in [-0.2, 0) is 7.05 Å². The summed E-state index contributed by atoms with van der Waals surface area (Å²) in [6.45, 7) is 4.14. The molecule has 1 unspecified atom stereocenters. The molecule has 0 spiro atoms. The highest BCUT2D eigenvalue weighted by Crippen LogP contribution is 2.32. The van der Waals surface area contributed by atoms with Crippen LogP contribution in [0.4, 0.5) is 11.6 Å². The van der Waals surface area contributed by atoms with Gasteiger partial charge in [0.2, 0.25) is 11.6 Å². The van der Waals surface area contributed by atoms with Gasteiger partial charge in [0.1, 0.15) is 0 Å². The lowest BCUT2D eigenvalue weighted by Gasteiger charge is -2.33. The lowest BCUT2D eigenvalue weighted by atomic mass is 9.95. The number of piperidine rings is 1. The highest BCUT2D eigenvalue weighted by Gasteiger charge is 2.31. The second-order valence-electron chi connectivity index (χ2n) is 5.15. The van der Waals surface area contributed by atoms with E-state index in [-0.39, 0.29) is 5.82 Å². The minimum absolute atomic E-state index is 0.0339. The molecule has 1 aromatic rings. The van der Waals surface area contributed by atoms with E-state index in [0.717, 1.165) is 32.4 Å². The molecule has 1 atom stereocenters. The number of aryl methyl sites for hydroxylation is 1. The quantitative estimate of drug-likeness (QED) is 0.654. The van der Waals surface area contributed by atoms with Crippen molar-refractivity contribution in [1.82, 2.24) is 9.55 Å². The van der Waals surface area contributed by atoms with E-state index in [1.807, 2.05) is 11.6 Å². The number of anilines is 1. The first kappa shape index (κ1) is 13.8. The third-order valence-electron chi connectivity index (χ3n) is 3.84. The Hall–Kier alpha value is -1.63. The van der Waals surface area contributed by atoms with Crippen molar-refractivity contribution in [3.8, 4) is 0 Å². The van der Waals surface area contributed by atoms with Gasteiger partial charge in [-0.15, -0.1) is 0 Å². The molecule has 1 aliphatic heterocycles. The summed E-state index contributed by atoms with van der Waals surface area (Å²) in [5, 5.41) is 11.1. The first-order valence-corrected chi connectivity index (χ1v) is 6.67. The van der Waals surface area contributed by atoms with Gasteiger partial charge in [0.25, 0.3) is 0 Å². The summed E-state index contributed by atoms with van der Waals surface area (Å²) in [5.74, 6) is 1.79. The van der Waals surface area contributed by atoms with Crippen molar-refractivity contribution in [2.75, 3.05) is 24.5 Å². The van der Waals surface area contributed by atoms with E-state index >= 15 is 0 Å². The zero-order valence-corrected chi connectivity index (χ0v) is 11.5. The summed E-state index contributed by atoms with van der Waals surface area (Å²) in [6.07, 6.45) is 3.17. The van der Waals surface area contributed by atoms with Crippen LogP contribution in [0, 0.1) is 23.0 Å². The summed E-state index contributed by atoms with van der Waals surface area (Å²) >= 11 is 0. The molecule has 2 rings (SSSR count). The molecule has 7 heteroatoms. The Balaban J connectivity index is 2.27. The molecule has 0 bridgehead atoms. The molecule has 0 aromatic carbocycles. The fraction of sp³-hybridized carbons (Fsp3) is 0.750. The van der Waals surface area contributed by atoms with Gasteiger partial charge in [0.15, 0.2) is 0 Å². The van der Waals surface area contributed by atoms with Gasteiger partial charge in [-0.3, -0.25) is 4.57 Å². The van der Waals surface area contributed by atoms with Gasteiger partial charge in [-0.05, 0) is 41.6 Å². The SMILES string of the molecule is Cc1nc([N+](=O)[O-])c(N2CCCC(CCN)C2)n1C. The number of hydrogen-bond donors (Lipinski definition) is 1. The summed E-state index contributed by atoms with van der Waals surface area (Å²) in [6, 6.07) is 0. The molecular weight excluding hydrogens is 246 g/mol. The lowest BCUT2D eigenvalue weighted by Crippen LogP contribution is -2.37. The molecule has 0 saturated carbocycles. The minimum Gasteiger partial charge on any atom is -0.358 e. The smallest absolute Gasteiger partial charge is 0.358 e. The van der Waals surface area contributed by atoms with E-state index in [9.17, 15) is 10.1 Å². The van der Waals surface area contributed by atoms with E-state index < -0.39 is 4.92 Å². The van der Waals surface area contributed by atoms with E-state index in [0.29, 0.717) is 24.1 Å². The maximum Gasteiger partial charge on any atom is 0.406 e. The largest absolute Gasteiger partial charge is 0.406 e. The van der Waals surface area contributed by atoms with Gasteiger partial charge in [-0.2, -0.15) is 0 Å². The standard InChI is InChI=1S/C12H21N5O2/c1-9-14-11(17(18)19)12(15(9)2)16-7-3-4-10(8-16)5-6-13/h10H,3-8,13H2,1-2H3. The van der Waals surface area contributed by atoms with Gasteiger partial charge in [0.05, 0.1) is 0 Å². The Morgan fingerprint density at radius 3 is 2.95 bits per heavy atom. The second kappa shape index (κ2) is 5.56. The average Bonchev–Trinajstić information content (AvgIpc) is 2.67. The molecule has 0 amide bonds. The molecule has 7 nitrogen and oxygen atoms in total. The maximum atomic E-state index is 11.1. The van der Waals surface area contributed by atoms with Crippen LogP contribution in [0.2, 0.25) is 0 Å². The zero-order chi connectivity index (χ0) is 14.0. The zero-order valence-electron chi connectivity index (χ0n) is 11.5. The molecule has 1 aromatic heterocycles. The number of nitrogens with two attached hydrogens (primary N) is 1. The highest BCUT2D eigenvalue weighted by atomic mass is 16.6. The van der Waals surface area contributed by atoms with Crippen LogP contribution in [0.3, 0.4) is 0 Å². The molecule has 0 radical (unpaired) electrons. The summed E-state index contributed by atoms with van der Waals surface area (Å²) in [4.78, 5) is 16.9. The molecule has 106 valence electrons. The topological polar surface area (TPSA) is 90.2 Å². The lowest BCUT2D eigenvalue weighted by molar-refractivity contribution is -0.388. The molecular formula is C12H21N5O2. The van der Waals surface area contributed by atoms with Crippen molar-refractivity contribution in [3.63, 3.8) is 0 Å². The van der Waals surface area contributed by atoms with Crippen LogP contribution in [0.25, 0.3) is 0 Å². The van der Waals surface area contributed by atoms with Crippen molar-refractivity contribution in [2.24, 2.45) is 18.7 Å². The average molecular weight is 267 g/mol. The molecule has 0 aliphatic carbocycles. The highest BCUT2D eigenvalue weighted by molar-refractivity contribution is 5.56. The molecule has 19 heavy (non-hydrogen) atoms. The van der Waals surface area contributed by atoms with Crippen LogP contribution in [0.1, 0.15) is 25.1 Å². The summed E-state index contributed by atoms with van der Waals surface area (Å²) < 4.78 is 1.81. The number of nitrogens with zero attached hydrogens (tertiary/aromatic N) is 4. The van der Waals surface area contributed by atoms with Gasteiger partial charge in [-0.25, -0.2) is 0 Å². The number of imidazole rings is 1. The predicted octanol–water partition coefficient (Wildman–Crippen LogP) is 1.20. The molecule has 1 fully saturated rings. The van der Waals surface area contributed by atoms with E-state index in [2.05, 4.69) is 9.88 Å². The number of nitro groups is 1. The Morgan fingerprint density at radius 1 is 1.58 bits per heavy atom. The monoisotopic (exact) mass is 267 g/mol. The molecule has 2 N–H and O–H groups in total. The van der Waals surface area contributed by atoms with Crippen molar-refractivity contribution >= 4 is 11.6 Å². The van der Waals surface area contributed by atoms with Crippen LogP contribution >= 0.6 is 0 Å². The van der Waals surface area contributed by atoms with Gasteiger partial charge < -0.3 is 20.7 Å². The van der Waals surface area contributed by atoms with E-state index in [1.54, 1.807) is 6.92 Å². The minimum atomic E-state index is -0.394. The van der Waals surface area contributed by atoms with Crippen LogP contribution < -0.4 is 10.6 Å². The van der Waals surface area contributed by atoms with Crippen LogP contribution in [-0.4, -0.2) is 34.1 Å². The molecule has 2 heterocycles. The normalized spacial score (nSPS) is 19.7. The van der Waals surface area contributed by atoms with Crippen molar-refractivity contribution in [2.45, 2.75) is 26.2 Å². The van der Waals surface area contributed by atoms with Crippen LogP contribution in [0.15, 0.2) is 0 Å². The summed E-state index contributed by atoms with van der Waals surface area (Å²) in [5.41, 5.74) is 5.61. The Kier molecular flexibility index (Phi) is 4.04. The first-order valence-electron chi connectivity index (χ1n) is 6.67. The van der Waals surface area contributed by atoms with E-state index in [4.69, 9.17) is 5.73 Å². The molecule has 1 aliphatic rings. The second-order valence-corrected chi connectivity index (χ2v) is 5.15. The van der Waals surface area contributed by atoms with Crippen molar-refractivity contribution in [1.29, 1.82) is 0 Å². The summed E-state index contributed by atoms with van der Waals surface area (Å²) in [7, 11) is 1.83. The van der Waals surface area contributed by atoms with Gasteiger partial charge >= 0.3 is 5.82 Å². The number of rotatable bonds is 4. The Labute approximate surface area is 112 Å². The number of aromatic nitrogens is 2. The fourth-order valence-electron chi connectivity index (χ4n) is 2.79. The Morgan fingerprint density at radius 2 is 2.32 bits per heavy atom. The van der Waals surface area contributed by atoms with E-state index in [1.165, 1.54) is 0 Å². The van der Waals surface area contributed by atoms with Crippen LogP contribution in [0.5, 0.6) is 0 Å². The fourth-order valence-corrected chi connectivity index (χ4v) is 2.79. The first-order chi connectivity index (χ1) is 9.04. The third kappa shape index (κ3) is 2.70. The van der Waals surface area contributed by atoms with Crippen molar-refractivity contribution in [3.05, 3.63) is 15.9 Å². The predicted molar refractivity (Wildman–Crippen MR) is 73.2 cm³/mol. The van der Waals surface area contributed by atoms with Gasteiger partial charge in [0, 0.05) is 27.1 Å². The third-order valence-corrected chi connectivity index (χ3v) is 3.84. The Bertz CT molecular complexity index is 469. The van der Waals surface area contributed by atoms with Gasteiger partial charge in [-0.1, -0.05) is 0 Å².